The van der Waals surface area contributed by atoms with Crippen molar-refractivity contribution < 1.29 is 0 Å². The summed E-state index contributed by atoms with van der Waals surface area (Å²) in [6.45, 7) is 8.04. The van der Waals surface area contributed by atoms with Crippen molar-refractivity contribution in [3.05, 3.63) is 12.4 Å². The van der Waals surface area contributed by atoms with Crippen LogP contribution in [0.15, 0.2) is 17.4 Å². The monoisotopic (exact) mass is 372 g/mol. The zero-order chi connectivity index (χ0) is 14.0. The second-order valence-electron chi connectivity index (χ2n) is 5.86. The normalized spacial score (nSPS) is 15.2. The van der Waals surface area contributed by atoms with Crippen LogP contribution >= 0.6 is 0 Å². The van der Waals surface area contributed by atoms with Gasteiger partial charge in [0.2, 0.25) is 0 Å². The third-order valence-corrected chi connectivity index (χ3v) is 19.9. The summed E-state index contributed by atoms with van der Waals surface area (Å²) in [5.74, 6) is 0. The molecule has 2 nitrogen and oxygen atoms in total. The molecule has 110 valence electrons. The maximum atomic E-state index is 4.83. The van der Waals surface area contributed by atoms with Crippen molar-refractivity contribution in [3.8, 4) is 0 Å². The molecule has 3 heteroatoms. The number of rotatable bonds is 10. The summed E-state index contributed by atoms with van der Waals surface area (Å²) in [4.78, 5) is 4.83. The summed E-state index contributed by atoms with van der Waals surface area (Å²) >= 11 is -2.18. The third kappa shape index (κ3) is 5.48. The van der Waals surface area contributed by atoms with Crippen molar-refractivity contribution >= 4 is 22.1 Å². The molecule has 0 aromatic rings. The Hall–Kier alpha value is 0.00870. The van der Waals surface area contributed by atoms with Gasteiger partial charge in [0.15, 0.2) is 0 Å². The van der Waals surface area contributed by atoms with E-state index in [1.807, 2.05) is 12.4 Å². The Kier molecular flexibility index (Phi) is 8.84. The van der Waals surface area contributed by atoms with Gasteiger partial charge in [-0.05, 0) is 0 Å². The number of unbranched alkanes of at least 4 members (excludes halogenated alkanes) is 3. The molecule has 0 unspecified atom stereocenters. The molecule has 0 aromatic heterocycles. The SMILES string of the molecule is CCC[CH2][Sn]([CH2]CCC)([CH2]CCC)[C]1=NC=CNC1. The van der Waals surface area contributed by atoms with Crippen molar-refractivity contribution in [2.45, 2.75) is 72.6 Å². The van der Waals surface area contributed by atoms with E-state index in [-0.39, 0.29) is 0 Å². The summed E-state index contributed by atoms with van der Waals surface area (Å²) < 4.78 is 6.20. The second-order valence-corrected chi connectivity index (χ2v) is 19.1. The minimum absolute atomic E-state index is 1.05. The summed E-state index contributed by atoms with van der Waals surface area (Å²) in [7, 11) is 0. The molecule has 0 aromatic carbocycles. The zero-order valence-corrected chi connectivity index (χ0v) is 16.0. The fourth-order valence-corrected chi connectivity index (χ4v) is 18.8. The number of hydrogen-bond donors (Lipinski definition) is 1. The van der Waals surface area contributed by atoms with E-state index in [0.717, 1.165) is 6.54 Å². The molecule has 0 saturated carbocycles. The van der Waals surface area contributed by atoms with Gasteiger partial charge in [-0.1, -0.05) is 0 Å². The van der Waals surface area contributed by atoms with Crippen molar-refractivity contribution in [2.75, 3.05) is 6.54 Å². The molecular weight excluding hydrogens is 339 g/mol. The van der Waals surface area contributed by atoms with Gasteiger partial charge in [-0.25, -0.2) is 0 Å². The van der Waals surface area contributed by atoms with Gasteiger partial charge in [0.25, 0.3) is 0 Å². The summed E-state index contributed by atoms with van der Waals surface area (Å²) in [5, 5.41) is 3.41. The van der Waals surface area contributed by atoms with Gasteiger partial charge in [-0.15, -0.1) is 0 Å². The zero-order valence-electron chi connectivity index (χ0n) is 13.2. The quantitative estimate of drug-likeness (QED) is 0.544. The van der Waals surface area contributed by atoms with Gasteiger partial charge in [0, 0.05) is 0 Å². The molecule has 0 saturated heterocycles. The molecule has 0 atom stereocenters. The Labute approximate surface area is 124 Å². The van der Waals surface area contributed by atoms with E-state index in [1.165, 1.54) is 51.8 Å². The Morgan fingerprint density at radius 2 is 1.53 bits per heavy atom. The van der Waals surface area contributed by atoms with Crippen molar-refractivity contribution in [3.63, 3.8) is 0 Å². The van der Waals surface area contributed by atoms with E-state index in [4.69, 9.17) is 4.99 Å². The van der Waals surface area contributed by atoms with Crippen LogP contribution < -0.4 is 5.32 Å². The fourth-order valence-electron chi connectivity index (χ4n) is 3.06. The van der Waals surface area contributed by atoms with Gasteiger partial charge in [-0.3, -0.25) is 0 Å². The Morgan fingerprint density at radius 3 is 1.89 bits per heavy atom. The molecule has 0 amide bonds. The molecule has 0 bridgehead atoms. The molecule has 19 heavy (non-hydrogen) atoms. The molecule has 0 radical (unpaired) electrons. The first kappa shape index (κ1) is 17.1. The summed E-state index contributed by atoms with van der Waals surface area (Å²) in [5.41, 5.74) is 0. The van der Waals surface area contributed by atoms with Crippen LogP contribution in [0.4, 0.5) is 0 Å². The van der Waals surface area contributed by atoms with E-state index in [1.54, 1.807) is 3.73 Å². The number of nitrogens with one attached hydrogen (secondary N) is 1. The number of hydrogen-bond acceptors (Lipinski definition) is 2. The topological polar surface area (TPSA) is 24.4 Å². The predicted molar refractivity (Wildman–Crippen MR) is 89.5 cm³/mol. The Bertz CT molecular complexity index is 275. The maximum absolute atomic E-state index is 4.83. The van der Waals surface area contributed by atoms with Crippen LogP contribution in [0, 0.1) is 0 Å². The van der Waals surface area contributed by atoms with Crippen LogP contribution in [0.3, 0.4) is 0 Å². The Balaban J connectivity index is 2.86. The molecule has 1 N–H and O–H groups in total. The summed E-state index contributed by atoms with van der Waals surface area (Å²) in [6, 6.07) is 0. The van der Waals surface area contributed by atoms with Crippen LogP contribution in [0.2, 0.25) is 13.3 Å². The van der Waals surface area contributed by atoms with E-state index in [9.17, 15) is 0 Å². The minimum atomic E-state index is -2.18. The van der Waals surface area contributed by atoms with Crippen molar-refractivity contribution in [1.82, 2.24) is 5.32 Å². The third-order valence-electron chi connectivity index (χ3n) is 4.33. The molecule has 0 spiro atoms. The average molecular weight is 371 g/mol. The molecule has 1 heterocycles. The van der Waals surface area contributed by atoms with Crippen molar-refractivity contribution in [1.29, 1.82) is 0 Å². The van der Waals surface area contributed by atoms with E-state index in [0.29, 0.717) is 0 Å². The molecule has 1 aliphatic rings. The van der Waals surface area contributed by atoms with E-state index >= 15 is 0 Å². The standard InChI is InChI=1S/C4H5N2.3C4H9.Sn/c1-2-6-4-3-5-1;3*1-3-4-2;/h1-2,5H,3H2;3*1,3-4H2,2H3;. The van der Waals surface area contributed by atoms with E-state index in [2.05, 4.69) is 26.1 Å². The first-order valence-corrected chi connectivity index (χ1v) is 15.7. The molecule has 1 rings (SSSR count). The molecular formula is C16H32N2Sn. The van der Waals surface area contributed by atoms with Crippen molar-refractivity contribution in [2.24, 2.45) is 4.99 Å². The first-order chi connectivity index (χ1) is 9.29. The average Bonchev–Trinajstić information content (AvgIpc) is 2.48. The van der Waals surface area contributed by atoms with Crippen LogP contribution in [0.1, 0.15) is 59.3 Å². The fraction of sp³-hybridized carbons (Fsp3) is 0.812. The van der Waals surface area contributed by atoms with Gasteiger partial charge in [-0.2, -0.15) is 0 Å². The summed E-state index contributed by atoms with van der Waals surface area (Å²) in [6.07, 6.45) is 12.3. The van der Waals surface area contributed by atoms with E-state index < -0.39 is 18.4 Å². The second kappa shape index (κ2) is 9.84. The first-order valence-electron chi connectivity index (χ1n) is 8.24. The van der Waals surface area contributed by atoms with Gasteiger partial charge in [0.05, 0.1) is 0 Å². The van der Waals surface area contributed by atoms with Crippen LogP contribution in [0.25, 0.3) is 0 Å². The molecule has 0 fully saturated rings. The van der Waals surface area contributed by atoms with Crippen LogP contribution in [0.5, 0.6) is 0 Å². The van der Waals surface area contributed by atoms with Crippen LogP contribution in [-0.4, -0.2) is 28.6 Å². The molecule has 1 aliphatic heterocycles. The Morgan fingerprint density at radius 1 is 1.00 bits per heavy atom. The predicted octanol–water partition coefficient (Wildman–Crippen LogP) is 4.89. The van der Waals surface area contributed by atoms with Gasteiger partial charge >= 0.3 is 124 Å². The van der Waals surface area contributed by atoms with Gasteiger partial charge < -0.3 is 0 Å². The number of aliphatic imine (C=N–C) groups is 1. The number of nitrogens with zero attached hydrogens (tertiary/aromatic N) is 1. The van der Waals surface area contributed by atoms with Gasteiger partial charge in [0.1, 0.15) is 0 Å². The molecule has 0 aliphatic carbocycles. The van der Waals surface area contributed by atoms with Crippen LogP contribution in [-0.2, 0) is 0 Å².